The molecule has 0 atom stereocenters. The fraction of sp³-hybridized carbons (Fsp3) is 0.250. The highest BCUT2D eigenvalue weighted by atomic mass is 16.5. The minimum Gasteiger partial charge on any atom is -0.465 e. The Hall–Kier alpha value is -3.16. The molecule has 2 aromatic rings. The lowest BCUT2D eigenvalue weighted by atomic mass is 10.2. The number of nitrogens with one attached hydrogen (secondary N) is 2. The molecule has 8 nitrogen and oxygen atoms in total. The highest BCUT2D eigenvalue weighted by Gasteiger charge is 2.29. The van der Waals surface area contributed by atoms with E-state index in [4.69, 9.17) is 9.84 Å². The van der Waals surface area contributed by atoms with Crippen LogP contribution in [0, 0.1) is 12.8 Å². The van der Waals surface area contributed by atoms with E-state index < -0.39 is 6.09 Å². The van der Waals surface area contributed by atoms with E-state index in [0.717, 1.165) is 12.8 Å². The predicted octanol–water partition coefficient (Wildman–Crippen LogP) is 3.02. The van der Waals surface area contributed by atoms with Crippen molar-refractivity contribution in [2.45, 2.75) is 19.8 Å². The van der Waals surface area contributed by atoms with Crippen molar-refractivity contribution in [1.82, 2.24) is 9.97 Å². The van der Waals surface area contributed by atoms with Gasteiger partial charge < -0.3 is 15.2 Å². The Balaban J connectivity index is 1.70. The van der Waals surface area contributed by atoms with Gasteiger partial charge in [-0.3, -0.25) is 10.1 Å². The van der Waals surface area contributed by atoms with E-state index in [-0.39, 0.29) is 17.7 Å². The van der Waals surface area contributed by atoms with Crippen LogP contribution < -0.4 is 15.4 Å². The summed E-state index contributed by atoms with van der Waals surface area (Å²) in [4.78, 5) is 30.4. The van der Waals surface area contributed by atoms with E-state index in [1.807, 2.05) is 0 Å². The van der Waals surface area contributed by atoms with E-state index in [1.54, 1.807) is 31.2 Å². The molecule has 8 heteroatoms. The first-order valence-corrected chi connectivity index (χ1v) is 7.42. The van der Waals surface area contributed by atoms with Gasteiger partial charge in [0.05, 0.1) is 0 Å². The lowest BCUT2D eigenvalue weighted by Crippen LogP contribution is -2.14. The average molecular weight is 328 g/mol. The molecule has 0 spiro atoms. The summed E-state index contributed by atoms with van der Waals surface area (Å²) in [6.45, 7) is 1.76. The number of rotatable bonds is 5. The van der Waals surface area contributed by atoms with Crippen molar-refractivity contribution >= 4 is 23.5 Å². The second-order valence-electron chi connectivity index (χ2n) is 5.51. The summed E-state index contributed by atoms with van der Waals surface area (Å²) in [6, 6.07) is 6.47. The van der Waals surface area contributed by atoms with Crippen LogP contribution in [0.4, 0.5) is 16.3 Å². The maximum Gasteiger partial charge on any atom is 0.409 e. The van der Waals surface area contributed by atoms with Crippen molar-refractivity contribution in [2.75, 3.05) is 10.6 Å². The quantitative estimate of drug-likeness (QED) is 0.777. The zero-order valence-corrected chi connectivity index (χ0v) is 12.9. The third kappa shape index (κ3) is 3.97. The first-order chi connectivity index (χ1) is 11.5. The summed E-state index contributed by atoms with van der Waals surface area (Å²) in [5.41, 5.74) is 1.20. The first-order valence-electron chi connectivity index (χ1n) is 7.42. The van der Waals surface area contributed by atoms with Gasteiger partial charge in [0, 0.05) is 17.7 Å². The molecule has 1 fully saturated rings. The number of carbonyl (C=O) groups is 2. The Morgan fingerprint density at radius 3 is 2.67 bits per heavy atom. The Kier molecular flexibility index (Phi) is 4.28. The number of nitrogens with zero attached hydrogens (tertiary/aromatic N) is 2. The molecule has 3 rings (SSSR count). The highest BCUT2D eigenvalue weighted by Crippen LogP contribution is 2.30. The molecule has 0 unspecified atom stereocenters. The number of amides is 2. The van der Waals surface area contributed by atoms with Gasteiger partial charge in [0.15, 0.2) is 0 Å². The van der Waals surface area contributed by atoms with Crippen LogP contribution in [0.3, 0.4) is 0 Å². The van der Waals surface area contributed by atoms with Crippen molar-refractivity contribution in [3.05, 3.63) is 36.2 Å². The van der Waals surface area contributed by atoms with Crippen LogP contribution in [0.5, 0.6) is 11.6 Å². The zero-order chi connectivity index (χ0) is 17.1. The Morgan fingerprint density at radius 2 is 2.00 bits per heavy atom. The fourth-order valence-electron chi connectivity index (χ4n) is 2.11. The van der Waals surface area contributed by atoms with Crippen LogP contribution in [0.2, 0.25) is 0 Å². The van der Waals surface area contributed by atoms with Gasteiger partial charge >= 0.3 is 6.09 Å². The number of ether oxygens (including phenoxy) is 1. The van der Waals surface area contributed by atoms with Gasteiger partial charge in [-0.25, -0.2) is 14.8 Å². The number of hydrogen-bond donors (Lipinski definition) is 3. The number of carbonyl (C=O) groups excluding carboxylic acids is 1. The topological polar surface area (TPSA) is 113 Å². The maximum atomic E-state index is 11.7. The van der Waals surface area contributed by atoms with Gasteiger partial charge in [-0.15, -0.1) is 0 Å². The third-order valence-corrected chi connectivity index (χ3v) is 3.50. The van der Waals surface area contributed by atoms with Gasteiger partial charge in [0.25, 0.3) is 0 Å². The SMILES string of the molecule is Cc1cc(Oc2cc(NC(=O)C3CC3)ncn2)ccc1NC(=O)O. The second kappa shape index (κ2) is 6.53. The lowest BCUT2D eigenvalue weighted by molar-refractivity contribution is -0.117. The van der Waals surface area contributed by atoms with Crippen molar-refractivity contribution in [2.24, 2.45) is 5.92 Å². The van der Waals surface area contributed by atoms with Crippen LogP contribution in [0.15, 0.2) is 30.6 Å². The monoisotopic (exact) mass is 328 g/mol. The van der Waals surface area contributed by atoms with Crippen LogP contribution >= 0.6 is 0 Å². The molecular formula is C16H16N4O4. The van der Waals surface area contributed by atoms with Crippen LogP contribution in [0.1, 0.15) is 18.4 Å². The van der Waals surface area contributed by atoms with Crippen LogP contribution in [-0.4, -0.2) is 27.1 Å². The minimum absolute atomic E-state index is 0.0420. The van der Waals surface area contributed by atoms with Gasteiger partial charge in [-0.05, 0) is 43.5 Å². The molecule has 0 bridgehead atoms. The van der Waals surface area contributed by atoms with Crippen molar-refractivity contribution in [3.8, 4) is 11.6 Å². The molecule has 1 aromatic carbocycles. The second-order valence-corrected chi connectivity index (χ2v) is 5.51. The zero-order valence-electron chi connectivity index (χ0n) is 12.9. The predicted molar refractivity (Wildman–Crippen MR) is 86.3 cm³/mol. The van der Waals surface area contributed by atoms with Crippen molar-refractivity contribution < 1.29 is 19.4 Å². The largest absolute Gasteiger partial charge is 0.465 e. The minimum atomic E-state index is -1.13. The third-order valence-electron chi connectivity index (χ3n) is 3.50. The molecule has 124 valence electrons. The standard InChI is InChI=1S/C16H16N4O4/c1-9-6-11(4-5-12(9)19-16(22)23)24-14-7-13(17-8-18-14)20-15(21)10-2-3-10/h4-8,10,19H,2-3H2,1H3,(H,22,23)(H,17,18,20,21). The average Bonchev–Trinajstić information content (AvgIpc) is 3.35. The molecule has 0 aliphatic heterocycles. The number of carboxylic acid groups (broad SMARTS) is 1. The summed E-state index contributed by atoms with van der Waals surface area (Å²) < 4.78 is 5.64. The van der Waals surface area contributed by atoms with Gasteiger partial charge in [-0.2, -0.15) is 0 Å². The molecule has 24 heavy (non-hydrogen) atoms. The van der Waals surface area contributed by atoms with Crippen LogP contribution in [0.25, 0.3) is 0 Å². The molecule has 0 saturated heterocycles. The van der Waals surface area contributed by atoms with Crippen molar-refractivity contribution in [1.29, 1.82) is 0 Å². The summed E-state index contributed by atoms with van der Waals surface area (Å²) in [6.07, 6.45) is 2.01. The lowest BCUT2D eigenvalue weighted by Gasteiger charge is -2.10. The summed E-state index contributed by atoms with van der Waals surface area (Å²) in [5.74, 6) is 1.22. The number of anilines is 2. The molecule has 2 amide bonds. The van der Waals surface area contributed by atoms with Gasteiger partial charge in [0.1, 0.15) is 17.9 Å². The molecule has 0 radical (unpaired) electrons. The maximum absolute atomic E-state index is 11.7. The summed E-state index contributed by atoms with van der Waals surface area (Å²) >= 11 is 0. The normalized spacial score (nSPS) is 13.2. The van der Waals surface area contributed by atoms with Gasteiger partial charge in [0.2, 0.25) is 11.8 Å². The Labute approximate surface area is 137 Å². The van der Waals surface area contributed by atoms with E-state index >= 15 is 0 Å². The van der Waals surface area contributed by atoms with E-state index in [2.05, 4.69) is 20.6 Å². The number of aromatic nitrogens is 2. The van der Waals surface area contributed by atoms with E-state index in [9.17, 15) is 9.59 Å². The number of hydrogen-bond acceptors (Lipinski definition) is 5. The summed E-state index contributed by atoms with van der Waals surface area (Å²) in [7, 11) is 0. The fourth-order valence-corrected chi connectivity index (χ4v) is 2.11. The van der Waals surface area contributed by atoms with Crippen molar-refractivity contribution in [3.63, 3.8) is 0 Å². The van der Waals surface area contributed by atoms with Crippen LogP contribution in [-0.2, 0) is 4.79 Å². The Morgan fingerprint density at radius 1 is 1.21 bits per heavy atom. The highest BCUT2D eigenvalue weighted by molar-refractivity contribution is 5.93. The molecule has 1 aliphatic rings. The summed E-state index contributed by atoms with van der Waals surface area (Å²) in [5, 5.41) is 13.8. The number of benzene rings is 1. The number of aryl methyl sites for hydroxylation is 1. The van der Waals surface area contributed by atoms with E-state index in [1.165, 1.54) is 6.33 Å². The molecule has 3 N–H and O–H groups in total. The smallest absolute Gasteiger partial charge is 0.409 e. The molecule has 1 aromatic heterocycles. The molecular weight excluding hydrogens is 312 g/mol. The Bertz CT molecular complexity index is 789. The van der Waals surface area contributed by atoms with E-state index in [0.29, 0.717) is 22.8 Å². The first kappa shape index (κ1) is 15.7. The molecule has 1 heterocycles. The molecule has 1 aliphatic carbocycles. The van der Waals surface area contributed by atoms with Gasteiger partial charge in [-0.1, -0.05) is 0 Å². The molecule has 1 saturated carbocycles.